The molecule has 2 saturated carbocycles. The Hall–Kier alpha value is -2.50. The lowest BCUT2D eigenvalue weighted by Gasteiger charge is -2.18. The molecule has 2 aliphatic carbocycles. The van der Waals surface area contributed by atoms with E-state index in [4.69, 9.17) is 4.74 Å². The molecule has 0 spiro atoms. The second-order valence-corrected chi connectivity index (χ2v) is 7.51. The minimum absolute atomic E-state index is 0.0551. The Kier molecular flexibility index (Phi) is 4.81. The zero-order valence-corrected chi connectivity index (χ0v) is 15.2. The van der Waals surface area contributed by atoms with Gasteiger partial charge in [-0.2, -0.15) is 0 Å². The van der Waals surface area contributed by atoms with Crippen LogP contribution in [0.4, 0.5) is 14.5 Å². The molecule has 0 aliphatic heterocycles. The number of rotatable bonds is 7. The fourth-order valence-electron chi connectivity index (χ4n) is 3.09. The molecule has 0 unspecified atom stereocenters. The van der Waals surface area contributed by atoms with Crippen LogP contribution in [0.15, 0.2) is 30.5 Å². The highest BCUT2D eigenvalue weighted by Gasteiger charge is 2.31. The summed E-state index contributed by atoms with van der Waals surface area (Å²) >= 11 is 0. The van der Waals surface area contributed by atoms with Gasteiger partial charge in [-0.05, 0) is 49.8 Å². The van der Waals surface area contributed by atoms with Crippen molar-refractivity contribution in [3.8, 4) is 5.75 Å². The fourth-order valence-corrected chi connectivity index (χ4v) is 3.09. The highest BCUT2D eigenvalue weighted by molar-refractivity contribution is 5.94. The highest BCUT2D eigenvalue weighted by Crippen LogP contribution is 2.36. The SMILES string of the molecule is C[C@@H](c1ccc(OCC2CC2)cn1)c1c(F)cc(F)cc1NC(=O)C1CC1. The summed E-state index contributed by atoms with van der Waals surface area (Å²) in [6.45, 7) is 2.48. The van der Waals surface area contributed by atoms with E-state index in [2.05, 4.69) is 10.3 Å². The van der Waals surface area contributed by atoms with Gasteiger partial charge in [-0.15, -0.1) is 0 Å². The first kappa shape index (κ1) is 17.9. The van der Waals surface area contributed by atoms with Gasteiger partial charge in [0, 0.05) is 29.2 Å². The monoisotopic (exact) mass is 372 g/mol. The summed E-state index contributed by atoms with van der Waals surface area (Å²) < 4.78 is 34.0. The molecule has 4 nitrogen and oxygen atoms in total. The number of pyridine rings is 1. The first-order chi connectivity index (χ1) is 13.0. The smallest absolute Gasteiger partial charge is 0.227 e. The van der Waals surface area contributed by atoms with Crippen molar-refractivity contribution in [2.24, 2.45) is 11.8 Å². The molecule has 6 heteroatoms. The molecule has 2 fully saturated rings. The molecule has 1 aromatic carbocycles. The van der Waals surface area contributed by atoms with E-state index in [1.165, 1.54) is 18.9 Å². The Bertz CT molecular complexity index is 846. The van der Waals surface area contributed by atoms with Crippen molar-refractivity contribution in [3.05, 3.63) is 53.4 Å². The number of nitrogens with one attached hydrogen (secondary N) is 1. The second-order valence-electron chi connectivity index (χ2n) is 7.51. The molecule has 2 aliphatic rings. The number of benzene rings is 1. The van der Waals surface area contributed by atoms with Crippen molar-refractivity contribution in [2.45, 2.75) is 38.5 Å². The van der Waals surface area contributed by atoms with E-state index >= 15 is 0 Å². The maximum Gasteiger partial charge on any atom is 0.227 e. The van der Waals surface area contributed by atoms with Crippen LogP contribution in [0, 0.1) is 23.5 Å². The number of anilines is 1. The number of amides is 1. The number of nitrogens with zero attached hydrogens (tertiary/aromatic N) is 1. The molecule has 4 rings (SSSR count). The zero-order chi connectivity index (χ0) is 19.0. The topological polar surface area (TPSA) is 51.2 Å². The average molecular weight is 372 g/mol. The van der Waals surface area contributed by atoms with E-state index in [0.29, 0.717) is 24.0 Å². The number of hydrogen-bond donors (Lipinski definition) is 1. The van der Waals surface area contributed by atoms with E-state index in [0.717, 1.165) is 18.9 Å². The van der Waals surface area contributed by atoms with E-state index < -0.39 is 17.6 Å². The molecule has 0 bridgehead atoms. The Morgan fingerprint density at radius 3 is 2.67 bits per heavy atom. The molecule has 2 aromatic rings. The van der Waals surface area contributed by atoms with Crippen molar-refractivity contribution in [2.75, 3.05) is 11.9 Å². The van der Waals surface area contributed by atoms with Crippen LogP contribution in [0.25, 0.3) is 0 Å². The van der Waals surface area contributed by atoms with Crippen LogP contribution in [0.5, 0.6) is 5.75 Å². The summed E-state index contributed by atoms with van der Waals surface area (Å²) in [5, 5.41) is 2.68. The third kappa shape index (κ3) is 4.26. The molecular formula is C21H22F2N2O2. The van der Waals surface area contributed by atoms with Crippen LogP contribution >= 0.6 is 0 Å². The van der Waals surface area contributed by atoms with Gasteiger partial charge >= 0.3 is 0 Å². The van der Waals surface area contributed by atoms with Crippen molar-refractivity contribution in [3.63, 3.8) is 0 Å². The van der Waals surface area contributed by atoms with E-state index in [1.807, 2.05) is 6.07 Å². The van der Waals surface area contributed by atoms with Gasteiger partial charge < -0.3 is 10.1 Å². The predicted octanol–water partition coefficient (Wildman–Crippen LogP) is 4.65. The van der Waals surface area contributed by atoms with Gasteiger partial charge in [-0.3, -0.25) is 9.78 Å². The average Bonchev–Trinajstić information content (AvgIpc) is 3.53. The van der Waals surface area contributed by atoms with Crippen molar-refractivity contribution < 1.29 is 18.3 Å². The molecule has 0 saturated heterocycles. The summed E-state index contributed by atoms with van der Waals surface area (Å²) in [5.74, 6) is -0.770. The Labute approximate surface area is 157 Å². The van der Waals surface area contributed by atoms with E-state index in [-0.39, 0.29) is 23.1 Å². The lowest BCUT2D eigenvalue weighted by atomic mass is 9.94. The van der Waals surface area contributed by atoms with Gasteiger partial charge in [0.15, 0.2) is 0 Å². The van der Waals surface area contributed by atoms with Crippen LogP contribution in [-0.2, 0) is 4.79 Å². The number of hydrogen-bond acceptors (Lipinski definition) is 3. The largest absolute Gasteiger partial charge is 0.492 e. The van der Waals surface area contributed by atoms with Gasteiger partial charge in [0.2, 0.25) is 5.91 Å². The minimum Gasteiger partial charge on any atom is -0.492 e. The summed E-state index contributed by atoms with van der Waals surface area (Å²) in [4.78, 5) is 16.5. The zero-order valence-electron chi connectivity index (χ0n) is 15.2. The van der Waals surface area contributed by atoms with Crippen LogP contribution in [0.3, 0.4) is 0 Å². The Balaban J connectivity index is 1.55. The molecule has 0 radical (unpaired) electrons. The van der Waals surface area contributed by atoms with Gasteiger partial charge in [-0.25, -0.2) is 8.78 Å². The molecule has 1 heterocycles. The summed E-state index contributed by atoms with van der Waals surface area (Å²) in [7, 11) is 0. The van der Waals surface area contributed by atoms with Gasteiger partial charge in [0.1, 0.15) is 17.4 Å². The molecule has 27 heavy (non-hydrogen) atoms. The first-order valence-corrected chi connectivity index (χ1v) is 9.40. The standard InChI is InChI=1S/C21H22F2N2O2/c1-12(18-7-6-16(10-24-18)27-11-13-2-3-13)20-17(23)8-15(22)9-19(20)25-21(26)14-4-5-14/h6-10,12-14H,2-5,11H2,1H3,(H,25,26)/t12-/m0/s1. The minimum atomic E-state index is -0.716. The molecule has 1 aromatic heterocycles. The second kappa shape index (κ2) is 7.25. The number of halogens is 2. The molecule has 1 atom stereocenters. The maximum absolute atomic E-state index is 14.6. The first-order valence-electron chi connectivity index (χ1n) is 9.40. The maximum atomic E-state index is 14.6. The van der Waals surface area contributed by atoms with Crippen LogP contribution in [0.1, 0.15) is 49.8 Å². The van der Waals surface area contributed by atoms with Crippen LogP contribution in [-0.4, -0.2) is 17.5 Å². The highest BCUT2D eigenvalue weighted by atomic mass is 19.1. The molecular weight excluding hydrogens is 350 g/mol. The third-order valence-electron chi connectivity index (χ3n) is 5.12. The summed E-state index contributed by atoms with van der Waals surface area (Å²) in [6, 6.07) is 5.60. The third-order valence-corrected chi connectivity index (χ3v) is 5.12. The Morgan fingerprint density at radius 1 is 1.26 bits per heavy atom. The van der Waals surface area contributed by atoms with Crippen molar-refractivity contribution in [1.29, 1.82) is 0 Å². The number of carbonyl (C=O) groups is 1. The number of ether oxygens (including phenoxy) is 1. The van der Waals surface area contributed by atoms with Crippen molar-refractivity contribution >= 4 is 11.6 Å². The molecule has 1 N–H and O–H groups in total. The normalized spacial score (nSPS) is 17.4. The van der Waals surface area contributed by atoms with Crippen molar-refractivity contribution in [1.82, 2.24) is 4.98 Å². The van der Waals surface area contributed by atoms with Gasteiger partial charge in [0.05, 0.1) is 18.5 Å². The predicted molar refractivity (Wildman–Crippen MR) is 97.7 cm³/mol. The quantitative estimate of drug-likeness (QED) is 0.770. The fraction of sp³-hybridized carbons (Fsp3) is 0.429. The number of carbonyl (C=O) groups excluding carboxylic acids is 1. The van der Waals surface area contributed by atoms with E-state index in [1.54, 1.807) is 19.2 Å². The van der Waals surface area contributed by atoms with E-state index in [9.17, 15) is 13.6 Å². The van der Waals surface area contributed by atoms with Gasteiger partial charge in [-0.1, -0.05) is 6.92 Å². The number of aromatic nitrogens is 1. The van der Waals surface area contributed by atoms with Crippen LogP contribution in [0.2, 0.25) is 0 Å². The van der Waals surface area contributed by atoms with Gasteiger partial charge in [0.25, 0.3) is 0 Å². The molecule has 142 valence electrons. The Morgan fingerprint density at radius 2 is 2.04 bits per heavy atom. The summed E-state index contributed by atoms with van der Waals surface area (Å²) in [5.41, 5.74) is 1.04. The molecule has 1 amide bonds. The lowest BCUT2D eigenvalue weighted by Crippen LogP contribution is -2.17. The van der Waals surface area contributed by atoms with Crippen LogP contribution < -0.4 is 10.1 Å². The lowest BCUT2D eigenvalue weighted by molar-refractivity contribution is -0.117. The summed E-state index contributed by atoms with van der Waals surface area (Å²) in [6.07, 6.45) is 5.68.